The zero-order valence-corrected chi connectivity index (χ0v) is 17.6. The first kappa shape index (κ1) is 21.2. The molecule has 0 fully saturated rings. The number of nitrogens with zero attached hydrogens (tertiary/aromatic N) is 1. The summed E-state index contributed by atoms with van der Waals surface area (Å²) in [6.45, 7) is 6.35. The normalized spacial score (nSPS) is 10.5. The van der Waals surface area contributed by atoms with Gasteiger partial charge in [0.1, 0.15) is 31.3 Å². The Morgan fingerprint density at radius 2 is 1.77 bits per heavy atom. The van der Waals surface area contributed by atoms with Crippen LogP contribution in [0.1, 0.15) is 32.9 Å². The van der Waals surface area contributed by atoms with Crippen LogP contribution in [0.25, 0.3) is 0 Å². The second-order valence-electron chi connectivity index (χ2n) is 6.71. The molecule has 30 heavy (non-hydrogen) atoms. The van der Waals surface area contributed by atoms with E-state index in [1.54, 1.807) is 18.2 Å². The highest BCUT2D eigenvalue weighted by Gasteiger charge is 2.15. The average molecular weight is 411 g/mol. The number of aryl methyl sites for hydroxylation is 3. The molecule has 0 N–H and O–H groups in total. The Balaban J connectivity index is 1.55. The van der Waals surface area contributed by atoms with Crippen molar-refractivity contribution in [3.8, 4) is 17.2 Å². The second kappa shape index (κ2) is 9.82. The third-order valence-electron chi connectivity index (χ3n) is 4.62. The summed E-state index contributed by atoms with van der Waals surface area (Å²) in [5, 5.41) is 3.91. The van der Waals surface area contributed by atoms with Crippen molar-refractivity contribution in [2.75, 3.05) is 20.3 Å². The van der Waals surface area contributed by atoms with Crippen molar-refractivity contribution in [3.05, 3.63) is 70.6 Å². The summed E-state index contributed by atoms with van der Waals surface area (Å²) in [7, 11) is 1.52. The lowest BCUT2D eigenvalue weighted by molar-refractivity contribution is 0.0449. The largest absolute Gasteiger partial charge is 0.493 e. The van der Waals surface area contributed by atoms with E-state index in [0.29, 0.717) is 22.8 Å². The first-order valence-electron chi connectivity index (χ1n) is 9.57. The fourth-order valence-electron chi connectivity index (χ4n) is 2.86. The molecule has 1 heterocycles. The van der Waals surface area contributed by atoms with Crippen molar-refractivity contribution in [2.24, 2.45) is 0 Å². The summed E-state index contributed by atoms with van der Waals surface area (Å²) < 4.78 is 27.3. The van der Waals surface area contributed by atoms with Crippen LogP contribution >= 0.6 is 0 Å². The van der Waals surface area contributed by atoms with Gasteiger partial charge in [-0.3, -0.25) is 0 Å². The molecular formula is C23H25NO6. The van der Waals surface area contributed by atoms with E-state index < -0.39 is 5.97 Å². The van der Waals surface area contributed by atoms with E-state index in [1.165, 1.54) is 7.11 Å². The molecule has 0 unspecified atom stereocenters. The Hall–Kier alpha value is -3.48. The number of hydrogen-bond donors (Lipinski definition) is 0. The smallest absolute Gasteiger partial charge is 0.338 e. The van der Waals surface area contributed by atoms with Gasteiger partial charge in [0.05, 0.1) is 23.9 Å². The summed E-state index contributed by atoms with van der Waals surface area (Å²) in [4.78, 5) is 12.3. The molecule has 3 aromatic rings. The van der Waals surface area contributed by atoms with Gasteiger partial charge in [-0.15, -0.1) is 0 Å². The Bertz CT molecular complexity index is 991. The van der Waals surface area contributed by atoms with Crippen LogP contribution in [0.2, 0.25) is 0 Å². The quantitative estimate of drug-likeness (QED) is 0.381. The van der Waals surface area contributed by atoms with E-state index in [2.05, 4.69) is 5.16 Å². The van der Waals surface area contributed by atoms with Crippen molar-refractivity contribution in [3.63, 3.8) is 0 Å². The zero-order valence-electron chi connectivity index (χ0n) is 17.6. The summed E-state index contributed by atoms with van der Waals surface area (Å²) in [5.41, 5.74) is 3.06. The van der Waals surface area contributed by atoms with Crippen LogP contribution in [0, 0.1) is 20.8 Å². The van der Waals surface area contributed by atoms with Gasteiger partial charge in [-0.1, -0.05) is 23.4 Å². The molecule has 0 radical (unpaired) electrons. The van der Waals surface area contributed by atoms with E-state index in [4.69, 9.17) is 23.5 Å². The van der Waals surface area contributed by atoms with Gasteiger partial charge in [-0.05, 0) is 50.6 Å². The van der Waals surface area contributed by atoms with E-state index in [1.807, 2.05) is 45.0 Å². The number of hydrogen-bond acceptors (Lipinski definition) is 7. The van der Waals surface area contributed by atoms with E-state index in [-0.39, 0.29) is 19.8 Å². The van der Waals surface area contributed by atoms with Crippen LogP contribution in [-0.4, -0.2) is 31.4 Å². The highest BCUT2D eigenvalue weighted by molar-refractivity contribution is 5.90. The molecule has 0 atom stereocenters. The minimum Gasteiger partial charge on any atom is -0.493 e. The standard InChI is InChI=1S/C23H25NO6/c1-15-7-5-6-8-20(15)27-11-12-28-23(25)18-9-10-21(22(13-18)26-4)29-14-19-16(2)24-30-17(19)3/h5-10,13H,11-12,14H2,1-4H3. The highest BCUT2D eigenvalue weighted by Crippen LogP contribution is 2.29. The van der Waals surface area contributed by atoms with Gasteiger partial charge in [0.25, 0.3) is 0 Å². The lowest BCUT2D eigenvalue weighted by Crippen LogP contribution is -2.13. The number of benzene rings is 2. The molecule has 0 spiro atoms. The third-order valence-corrected chi connectivity index (χ3v) is 4.62. The highest BCUT2D eigenvalue weighted by atomic mass is 16.6. The number of esters is 1. The Labute approximate surface area is 175 Å². The predicted molar refractivity (Wildman–Crippen MR) is 110 cm³/mol. The van der Waals surface area contributed by atoms with E-state index >= 15 is 0 Å². The molecule has 0 aliphatic carbocycles. The number of aromatic nitrogens is 1. The number of methoxy groups -OCH3 is 1. The zero-order chi connectivity index (χ0) is 21.5. The number of rotatable bonds is 9. The van der Waals surface area contributed by atoms with Crippen LogP contribution in [0.15, 0.2) is 47.0 Å². The van der Waals surface area contributed by atoms with Crippen LogP contribution in [-0.2, 0) is 11.3 Å². The van der Waals surface area contributed by atoms with Gasteiger partial charge >= 0.3 is 5.97 Å². The van der Waals surface area contributed by atoms with Crippen LogP contribution < -0.4 is 14.2 Å². The maximum absolute atomic E-state index is 12.3. The van der Waals surface area contributed by atoms with E-state index in [0.717, 1.165) is 22.6 Å². The maximum Gasteiger partial charge on any atom is 0.338 e. The van der Waals surface area contributed by atoms with Crippen molar-refractivity contribution < 1.29 is 28.3 Å². The van der Waals surface area contributed by atoms with Gasteiger partial charge in [-0.2, -0.15) is 0 Å². The molecule has 0 saturated heterocycles. The summed E-state index contributed by atoms with van der Waals surface area (Å²) in [6.07, 6.45) is 0. The molecule has 7 nitrogen and oxygen atoms in total. The van der Waals surface area contributed by atoms with Gasteiger partial charge in [0.2, 0.25) is 0 Å². The summed E-state index contributed by atoms with van der Waals surface area (Å²) >= 11 is 0. The third kappa shape index (κ3) is 5.11. The molecule has 0 bridgehead atoms. The Morgan fingerprint density at radius 3 is 2.47 bits per heavy atom. The molecule has 158 valence electrons. The van der Waals surface area contributed by atoms with Crippen LogP contribution in [0.4, 0.5) is 0 Å². The number of carbonyl (C=O) groups excluding carboxylic acids is 1. The first-order valence-corrected chi connectivity index (χ1v) is 9.57. The maximum atomic E-state index is 12.3. The molecule has 0 aliphatic rings. The van der Waals surface area contributed by atoms with Crippen molar-refractivity contribution >= 4 is 5.97 Å². The first-order chi connectivity index (χ1) is 14.5. The number of ether oxygens (including phenoxy) is 4. The average Bonchev–Trinajstić information content (AvgIpc) is 3.08. The molecule has 7 heteroatoms. The summed E-state index contributed by atoms with van der Waals surface area (Å²) in [6, 6.07) is 12.6. The SMILES string of the molecule is COc1cc(C(=O)OCCOc2ccccc2C)ccc1OCc1c(C)noc1C. The fraction of sp³-hybridized carbons (Fsp3) is 0.304. The lowest BCUT2D eigenvalue weighted by atomic mass is 10.2. The minimum atomic E-state index is -0.459. The second-order valence-corrected chi connectivity index (χ2v) is 6.71. The van der Waals surface area contributed by atoms with Crippen molar-refractivity contribution in [1.29, 1.82) is 0 Å². The monoisotopic (exact) mass is 411 g/mol. The van der Waals surface area contributed by atoms with Gasteiger partial charge < -0.3 is 23.5 Å². The summed E-state index contributed by atoms with van der Waals surface area (Å²) in [5.74, 6) is 1.97. The van der Waals surface area contributed by atoms with E-state index in [9.17, 15) is 4.79 Å². The number of para-hydroxylation sites is 1. The molecule has 3 rings (SSSR count). The molecule has 2 aromatic carbocycles. The molecule has 0 amide bonds. The van der Waals surface area contributed by atoms with Crippen LogP contribution in [0.3, 0.4) is 0 Å². The Morgan fingerprint density at radius 1 is 0.967 bits per heavy atom. The predicted octanol–water partition coefficient (Wildman–Crippen LogP) is 4.42. The van der Waals surface area contributed by atoms with Crippen molar-refractivity contribution in [2.45, 2.75) is 27.4 Å². The lowest BCUT2D eigenvalue weighted by Gasteiger charge is -2.12. The van der Waals surface area contributed by atoms with Crippen LogP contribution in [0.5, 0.6) is 17.2 Å². The topological polar surface area (TPSA) is 80.0 Å². The van der Waals surface area contributed by atoms with Gasteiger partial charge in [0.15, 0.2) is 11.5 Å². The van der Waals surface area contributed by atoms with Crippen molar-refractivity contribution in [1.82, 2.24) is 5.16 Å². The minimum absolute atomic E-state index is 0.139. The molecule has 0 saturated carbocycles. The molecular weight excluding hydrogens is 386 g/mol. The molecule has 1 aromatic heterocycles. The van der Waals surface area contributed by atoms with Gasteiger partial charge in [-0.25, -0.2) is 4.79 Å². The number of carbonyl (C=O) groups is 1. The Kier molecular flexibility index (Phi) is 6.95. The molecule has 0 aliphatic heterocycles. The van der Waals surface area contributed by atoms with Gasteiger partial charge in [0, 0.05) is 0 Å². The fourth-order valence-corrected chi connectivity index (χ4v) is 2.86.